The molecule has 0 aliphatic carbocycles. The molecular formula is C15H21N5O6. The summed E-state index contributed by atoms with van der Waals surface area (Å²) in [6.07, 6.45) is 3.45. The number of hydrogen-bond donors (Lipinski definition) is 5. The molecular weight excluding hydrogens is 346 g/mol. The van der Waals surface area contributed by atoms with Gasteiger partial charge in [0.1, 0.15) is 12.1 Å². The number of aliphatic carboxylic acids is 2. The number of H-pyrrole nitrogens is 1. The Morgan fingerprint density at radius 1 is 1.38 bits per heavy atom. The number of carboxylic acids is 2. The number of amides is 2. The highest BCUT2D eigenvalue weighted by molar-refractivity contribution is 5.93. The first kappa shape index (κ1) is 19.4. The lowest BCUT2D eigenvalue weighted by Gasteiger charge is -2.27. The fourth-order valence-electron chi connectivity index (χ4n) is 2.87. The van der Waals surface area contributed by atoms with Gasteiger partial charge in [-0.1, -0.05) is 0 Å². The number of aromatic amines is 1. The molecule has 1 fully saturated rings. The molecule has 3 atom stereocenters. The number of nitrogens with zero attached hydrogens (tertiary/aromatic N) is 2. The minimum atomic E-state index is -1.56. The van der Waals surface area contributed by atoms with E-state index in [2.05, 4.69) is 15.3 Å². The van der Waals surface area contributed by atoms with Gasteiger partial charge in [0, 0.05) is 19.2 Å². The number of rotatable bonds is 8. The Morgan fingerprint density at radius 3 is 2.69 bits per heavy atom. The summed E-state index contributed by atoms with van der Waals surface area (Å²) in [6, 6.07) is -3.32. The number of nitrogens with one attached hydrogen (secondary N) is 2. The van der Waals surface area contributed by atoms with Crippen LogP contribution in [-0.2, 0) is 25.6 Å². The van der Waals surface area contributed by atoms with E-state index in [1.807, 2.05) is 0 Å². The Hall–Kier alpha value is -2.95. The van der Waals surface area contributed by atoms with E-state index in [-0.39, 0.29) is 6.42 Å². The van der Waals surface area contributed by atoms with Crippen LogP contribution in [0.25, 0.3) is 0 Å². The smallest absolute Gasteiger partial charge is 0.326 e. The molecule has 1 aliphatic heterocycles. The predicted molar refractivity (Wildman–Crippen MR) is 86.8 cm³/mol. The molecule has 2 amide bonds. The Labute approximate surface area is 148 Å². The second-order valence-electron chi connectivity index (χ2n) is 6.06. The molecule has 1 aromatic rings. The van der Waals surface area contributed by atoms with Crippen LogP contribution in [0.2, 0.25) is 0 Å². The largest absolute Gasteiger partial charge is 0.481 e. The lowest BCUT2D eigenvalue weighted by molar-refractivity contribution is -0.148. The van der Waals surface area contributed by atoms with Crippen molar-refractivity contribution in [2.24, 2.45) is 5.73 Å². The van der Waals surface area contributed by atoms with Crippen LogP contribution < -0.4 is 11.1 Å². The topological polar surface area (TPSA) is 179 Å². The van der Waals surface area contributed by atoms with Gasteiger partial charge in [-0.05, 0) is 12.8 Å². The lowest BCUT2D eigenvalue weighted by atomic mass is 10.1. The second-order valence-corrected chi connectivity index (χ2v) is 6.06. The fourth-order valence-corrected chi connectivity index (χ4v) is 2.87. The van der Waals surface area contributed by atoms with Crippen molar-refractivity contribution in [1.29, 1.82) is 0 Å². The third-order valence-corrected chi connectivity index (χ3v) is 4.13. The van der Waals surface area contributed by atoms with E-state index < -0.39 is 48.3 Å². The third-order valence-electron chi connectivity index (χ3n) is 4.13. The molecule has 11 nitrogen and oxygen atoms in total. The van der Waals surface area contributed by atoms with E-state index >= 15 is 0 Å². The standard InChI is InChI=1S/C15H21N5O6/c16-9(4-8-6-17-7-18-8)14(24)20-3-1-2-11(20)13(23)19-10(15(25)26)5-12(21)22/h6-7,9-11H,1-5,16H2,(H,17,18)(H,19,23)(H,21,22)(H,25,26)/t9-,10-,11-/m0/s1. The number of nitrogens with two attached hydrogens (primary N) is 1. The molecule has 26 heavy (non-hydrogen) atoms. The minimum Gasteiger partial charge on any atom is -0.481 e. The Morgan fingerprint density at radius 2 is 2.12 bits per heavy atom. The van der Waals surface area contributed by atoms with Crippen molar-refractivity contribution < 1.29 is 29.4 Å². The summed E-state index contributed by atoms with van der Waals surface area (Å²) in [5, 5.41) is 20.0. The molecule has 142 valence electrons. The zero-order valence-corrected chi connectivity index (χ0v) is 13.9. The first-order chi connectivity index (χ1) is 12.3. The van der Waals surface area contributed by atoms with Crippen molar-refractivity contribution in [2.75, 3.05) is 6.54 Å². The summed E-state index contributed by atoms with van der Waals surface area (Å²) in [6.45, 7) is 0.321. The van der Waals surface area contributed by atoms with Crippen molar-refractivity contribution >= 4 is 23.8 Å². The number of aromatic nitrogens is 2. The van der Waals surface area contributed by atoms with Crippen LogP contribution in [0.5, 0.6) is 0 Å². The third kappa shape index (κ3) is 4.79. The van der Waals surface area contributed by atoms with Gasteiger partial charge >= 0.3 is 11.9 Å². The van der Waals surface area contributed by atoms with E-state index in [4.69, 9.17) is 15.9 Å². The fraction of sp³-hybridized carbons (Fsp3) is 0.533. The summed E-state index contributed by atoms with van der Waals surface area (Å²) < 4.78 is 0. The molecule has 6 N–H and O–H groups in total. The number of carbonyl (C=O) groups excluding carboxylic acids is 2. The molecule has 2 heterocycles. The zero-order chi connectivity index (χ0) is 19.3. The average Bonchev–Trinajstić information content (AvgIpc) is 3.24. The Bertz CT molecular complexity index is 676. The number of likely N-dealkylation sites (tertiary alicyclic amines) is 1. The van der Waals surface area contributed by atoms with Gasteiger partial charge in [0.15, 0.2) is 0 Å². The second kappa shape index (κ2) is 8.43. The molecule has 1 saturated heterocycles. The molecule has 2 rings (SSSR count). The monoisotopic (exact) mass is 367 g/mol. The molecule has 1 aromatic heterocycles. The van der Waals surface area contributed by atoms with Gasteiger partial charge in [0.05, 0.1) is 24.5 Å². The first-order valence-corrected chi connectivity index (χ1v) is 8.08. The highest BCUT2D eigenvalue weighted by Crippen LogP contribution is 2.19. The maximum atomic E-state index is 12.6. The summed E-state index contributed by atoms with van der Waals surface area (Å²) in [5.74, 6) is -3.93. The summed E-state index contributed by atoms with van der Waals surface area (Å²) in [4.78, 5) is 54.8. The molecule has 0 bridgehead atoms. The van der Waals surface area contributed by atoms with Crippen LogP contribution in [0.15, 0.2) is 12.5 Å². The van der Waals surface area contributed by atoms with Crippen molar-refractivity contribution in [2.45, 2.75) is 43.8 Å². The van der Waals surface area contributed by atoms with E-state index in [9.17, 15) is 19.2 Å². The van der Waals surface area contributed by atoms with Gasteiger partial charge in [-0.2, -0.15) is 0 Å². The quantitative estimate of drug-likeness (QED) is 0.361. The Kier molecular flexibility index (Phi) is 6.28. The normalized spacial score (nSPS) is 19.0. The Balaban J connectivity index is 2.01. The van der Waals surface area contributed by atoms with Crippen LogP contribution in [0, 0.1) is 0 Å². The van der Waals surface area contributed by atoms with Gasteiger partial charge in [-0.15, -0.1) is 0 Å². The minimum absolute atomic E-state index is 0.198. The molecule has 0 aromatic carbocycles. The maximum Gasteiger partial charge on any atom is 0.326 e. The van der Waals surface area contributed by atoms with Gasteiger partial charge in [-0.25, -0.2) is 9.78 Å². The molecule has 11 heteroatoms. The first-order valence-electron chi connectivity index (χ1n) is 8.08. The van der Waals surface area contributed by atoms with Crippen molar-refractivity contribution in [1.82, 2.24) is 20.2 Å². The molecule has 1 aliphatic rings. The SMILES string of the molecule is N[C@@H](Cc1c[nH]cn1)C(=O)N1CCC[C@H]1C(=O)N[C@@H](CC(=O)O)C(=O)O. The van der Waals surface area contributed by atoms with Crippen molar-refractivity contribution in [3.05, 3.63) is 18.2 Å². The molecule has 0 radical (unpaired) electrons. The average molecular weight is 367 g/mol. The van der Waals surface area contributed by atoms with Gasteiger partial charge in [0.25, 0.3) is 0 Å². The molecule has 0 unspecified atom stereocenters. The summed E-state index contributed by atoms with van der Waals surface area (Å²) >= 11 is 0. The zero-order valence-electron chi connectivity index (χ0n) is 13.9. The number of carboxylic acid groups (broad SMARTS) is 2. The van der Waals surface area contributed by atoms with Crippen LogP contribution in [-0.4, -0.2) is 73.5 Å². The van der Waals surface area contributed by atoms with E-state index in [1.165, 1.54) is 11.2 Å². The maximum absolute atomic E-state index is 12.6. The van der Waals surface area contributed by atoms with Crippen molar-refractivity contribution in [3.63, 3.8) is 0 Å². The van der Waals surface area contributed by atoms with E-state index in [1.54, 1.807) is 6.20 Å². The van der Waals surface area contributed by atoms with E-state index in [0.717, 1.165) is 0 Å². The molecule has 0 saturated carbocycles. The lowest BCUT2D eigenvalue weighted by Crippen LogP contribution is -2.54. The highest BCUT2D eigenvalue weighted by Gasteiger charge is 2.37. The van der Waals surface area contributed by atoms with E-state index in [0.29, 0.717) is 25.1 Å². The van der Waals surface area contributed by atoms with Crippen LogP contribution in [0.1, 0.15) is 25.0 Å². The summed E-state index contributed by atoms with van der Waals surface area (Å²) in [5.41, 5.74) is 6.53. The predicted octanol–water partition coefficient (Wildman–Crippen LogP) is -1.69. The van der Waals surface area contributed by atoms with Gasteiger partial charge in [-0.3, -0.25) is 14.4 Å². The van der Waals surface area contributed by atoms with Crippen molar-refractivity contribution in [3.8, 4) is 0 Å². The van der Waals surface area contributed by atoms with Gasteiger partial charge < -0.3 is 31.1 Å². The number of hydrogen-bond acceptors (Lipinski definition) is 6. The molecule has 0 spiro atoms. The van der Waals surface area contributed by atoms with Crippen LogP contribution in [0.3, 0.4) is 0 Å². The summed E-state index contributed by atoms with van der Waals surface area (Å²) in [7, 11) is 0. The van der Waals surface area contributed by atoms with Crippen LogP contribution in [0.4, 0.5) is 0 Å². The number of carbonyl (C=O) groups is 4. The van der Waals surface area contributed by atoms with Crippen LogP contribution >= 0.6 is 0 Å². The highest BCUT2D eigenvalue weighted by atomic mass is 16.4. The van der Waals surface area contributed by atoms with Gasteiger partial charge in [0.2, 0.25) is 11.8 Å². The number of imidazole rings is 1.